The summed E-state index contributed by atoms with van der Waals surface area (Å²) in [5.41, 5.74) is 0.474. The Kier molecular flexibility index (Phi) is 4.53. The summed E-state index contributed by atoms with van der Waals surface area (Å²) in [6, 6.07) is 0. The molecule has 0 fully saturated rings. The van der Waals surface area contributed by atoms with Crippen molar-refractivity contribution in [2.75, 3.05) is 5.75 Å². The lowest BCUT2D eigenvalue weighted by Crippen LogP contribution is -2.30. The first kappa shape index (κ1) is 11.4. The lowest BCUT2D eigenvalue weighted by atomic mass is 9.69. The molecule has 1 heteroatoms. The zero-order valence-electron chi connectivity index (χ0n) is 8.52. The third kappa shape index (κ3) is 2.70. The van der Waals surface area contributed by atoms with E-state index >= 15 is 0 Å². The normalized spacial score (nSPS) is 13.1. The molecular weight excluding hydrogens is 152 g/mol. The van der Waals surface area contributed by atoms with Crippen LogP contribution in [-0.2, 0) is 0 Å². The predicted octanol–water partition coefficient (Wildman–Crippen LogP) is 3.62. The molecule has 0 bridgehead atoms. The summed E-state index contributed by atoms with van der Waals surface area (Å²) < 4.78 is 0. The van der Waals surface area contributed by atoms with E-state index in [-0.39, 0.29) is 0 Å². The first-order chi connectivity index (χ1) is 4.95. The molecule has 0 heterocycles. The van der Waals surface area contributed by atoms with E-state index in [9.17, 15) is 0 Å². The summed E-state index contributed by atoms with van der Waals surface area (Å²) in [4.78, 5) is 0. The number of thiol groups is 1. The molecule has 0 radical (unpaired) electrons. The van der Waals surface area contributed by atoms with E-state index in [1.807, 2.05) is 0 Å². The van der Waals surface area contributed by atoms with Gasteiger partial charge in [0, 0.05) is 0 Å². The van der Waals surface area contributed by atoms with Crippen molar-refractivity contribution in [3.8, 4) is 0 Å². The molecule has 0 aromatic heterocycles. The highest BCUT2D eigenvalue weighted by atomic mass is 32.1. The molecule has 0 saturated heterocycles. The molecule has 0 atom stereocenters. The summed E-state index contributed by atoms with van der Waals surface area (Å²) in [5.74, 6) is 2.52. The van der Waals surface area contributed by atoms with Gasteiger partial charge in [-0.05, 0) is 29.4 Å². The fraction of sp³-hybridized carbons (Fsp3) is 1.00. The minimum Gasteiger partial charge on any atom is -0.179 e. The molecule has 0 aliphatic heterocycles. The Bertz CT molecular complexity index is 97.4. The van der Waals surface area contributed by atoms with Gasteiger partial charge in [-0.1, -0.05) is 34.6 Å². The van der Waals surface area contributed by atoms with Crippen LogP contribution < -0.4 is 0 Å². The van der Waals surface area contributed by atoms with E-state index in [1.165, 1.54) is 6.42 Å². The third-order valence-corrected chi connectivity index (χ3v) is 3.51. The van der Waals surface area contributed by atoms with E-state index in [0.717, 1.165) is 17.6 Å². The zero-order valence-corrected chi connectivity index (χ0v) is 9.41. The second-order valence-electron chi connectivity index (χ2n) is 4.29. The van der Waals surface area contributed by atoms with E-state index < -0.39 is 0 Å². The van der Waals surface area contributed by atoms with Gasteiger partial charge in [-0.2, -0.15) is 12.6 Å². The van der Waals surface area contributed by atoms with Crippen molar-refractivity contribution in [2.24, 2.45) is 17.3 Å². The molecular formula is C10H22S. The van der Waals surface area contributed by atoms with Crippen LogP contribution >= 0.6 is 12.6 Å². The molecule has 0 spiro atoms. The molecule has 0 N–H and O–H groups in total. The quantitative estimate of drug-likeness (QED) is 0.618. The van der Waals surface area contributed by atoms with Gasteiger partial charge in [0.1, 0.15) is 0 Å². The molecule has 0 unspecified atom stereocenters. The van der Waals surface area contributed by atoms with Crippen LogP contribution in [0.15, 0.2) is 0 Å². The standard InChI is InChI=1S/C10H22S/c1-8(2)10(5,6-7-11)9(3)4/h8-9,11H,6-7H2,1-5H3. The first-order valence-corrected chi connectivity index (χ1v) is 5.19. The van der Waals surface area contributed by atoms with Gasteiger partial charge in [-0.15, -0.1) is 0 Å². The van der Waals surface area contributed by atoms with Gasteiger partial charge in [0.05, 0.1) is 0 Å². The Morgan fingerprint density at radius 1 is 1.09 bits per heavy atom. The number of hydrogen-bond acceptors (Lipinski definition) is 1. The number of rotatable bonds is 4. The van der Waals surface area contributed by atoms with E-state index in [4.69, 9.17) is 0 Å². The summed E-state index contributed by atoms with van der Waals surface area (Å²) >= 11 is 4.30. The minimum atomic E-state index is 0.474. The van der Waals surface area contributed by atoms with Crippen molar-refractivity contribution in [1.29, 1.82) is 0 Å². The number of hydrogen-bond donors (Lipinski definition) is 1. The maximum atomic E-state index is 4.30. The SMILES string of the molecule is CC(C)C(C)(CCS)C(C)C. The average molecular weight is 174 g/mol. The Labute approximate surface area is 77.2 Å². The Hall–Kier alpha value is 0.350. The first-order valence-electron chi connectivity index (χ1n) is 4.56. The molecule has 0 rings (SSSR count). The highest BCUT2D eigenvalue weighted by Crippen LogP contribution is 2.38. The average Bonchev–Trinajstić information content (AvgIpc) is 1.87. The highest BCUT2D eigenvalue weighted by molar-refractivity contribution is 7.80. The molecule has 0 aromatic carbocycles. The van der Waals surface area contributed by atoms with Gasteiger partial charge in [0.25, 0.3) is 0 Å². The molecule has 68 valence electrons. The van der Waals surface area contributed by atoms with E-state index in [0.29, 0.717) is 5.41 Å². The fourth-order valence-corrected chi connectivity index (χ4v) is 1.97. The van der Waals surface area contributed by atoms with Crippen molar-refractivity contribution in [3.63, 3.8) is 0 Å². The molecule has 0 aliphatic rings. The molecule has 11 heavy (non-hydrogen) atoms. The van der Waals surface area contributed by atoms with Gasteiger partial charge in [-0.3, -0.25) is 0 Å². The van der Waals surface area contributed by atoms with Gasteiger partial charge in [0.2, 0.25) is 0 Å². The van der Waals surface area contributed by atoms with Crippen molar-refractivity contribution >= 4 is 12.6 Å². The van der Waals surface area contributed by atoms with Gasteiger partial charge >= 0.3 is 0 Å². The van der Waals surface area contributed by atoms with Crippen LogP contribution in [0.4, 0.5) is 0 Å². The largest absolute Gasteiger partial charge is 0.179 e. The Morgan fingerprint density at radius 3 is 1.55 bits per heavy atom. The molecule has 0 aliphatic carbocycles. The summed E-state index contributed by atoms with van der Waals surface area (Å²) in [7, 11) is 0. The van der Waals surface area contributed by atoms with Crippen LogP contribution in [0.5, 0.6) is 0 Å². The van der Waals surface area contributed by atoms with Crippen LogP contribution in [0.1, 0.15) is 41.0 Å². The van der Waals surface area contributed by atoms with Gasteiger partial charge in [0.15, 0.2) is 0 Å². The summed E-state index contributed by atoms with van der Waals surface area (Å²) in [6.45, 7) is 11.6. The third-order valence-electron chi connectivity index (χ3n) is 3.29. The van der Waals surface area contributed by atoms with Gasteiger partial charge in [-0.25, -0.2) is 0 Å². The molecule has 0 saturated carbocycles. The lowest BCUT2D eigenvalue weighted by Gasteiger charge is -2.37. The fourth-order valence-electron chi connectivity index (χ4n) is 1.48. The molecule has 0 amide bonds. The van der Waals surface area contributed by atoms with E-state index in [2.05, 4.69) is 47.2 Å². The Balaban J connectivity index is 4.26. The topological polar surface area (TPSA) is 0 Å². The summed E-state index contributed by atoms with van der Waals surface area (Å²) in [6.07, 6.45) is 1.23. The second-order valence-corrected chi connectivity index (χ2v) is 4.74. The summed E-state index contributed by atoms with van der Waals surface area (Å²) in [5, 5.41) is 0. The molecule has 0 aromatic rings. The maximum Gasteiger partial charge on any atom is -0.00925 e. The van der Waals surface area contributed by atoms with E-state index in [1.54, 1.807) is 0 Å². The van der Waals surface area contributed by atoms with Crippen LogP contribution in [0, 0.1) is 17.3 Å². The Morgan fingerprint density at radius 2 is 1.45 bits per heavy atom. The van der Waals surface area contributed by atoms with Crippen LogP contribution in [-0.4, -0.2) is 5.75 Å². The van der Waals surface area contributed by atoms with Crippen molar-refractivity contribution in [1.82, 2.24) is 0 Å². The minimum absolute atomic E-state index is 0.474. The zero-order chi connectivity index (χ0) is 9.07. The van der Waals surface area contributed by atoms with Crippen LogP contribution in [0.2, 0.25) is 0 Å². The van der Waals surface area contributed by atoms with Gasteiger partial charge < -0.3 is 0 Å². The van der Waals surface area contributed by atoms with Crippen molar-refractivity contribution < 1.29 is 0 Å². The van der Waals surface area contributed by atoms with Crippen molar-refractivity contribution in [3.05, 3.63) is 0 Å². The second kappa shape index (κ2) is 4.39. The smallest absolute Gasteiger partial charge is 0.00925 e. The van der Waals surface area contributed by atoms with Crippen LogP contribution in [0.25, 0.3) is 0 Å². The maximum absolute atomic E-state index is 4.30. The lowest BCUT2D eigenvalue weighted by molar-refractivity contribution is 0.133. The highest BCUT2D eigenvalue weighted by Gasteiger charge is 2.30. The van der Waals surface area contributed by atoms with Crippen molar-refractivity contribution in [2.45, 2.75) is 41.0 Å². The molecule has 0 nitrogen and oxygen atoms in total. The predicted molar refractivity (Wildman–Crippen MR) is 56.3 cm³/mol. The van der Waals surface area contributed by atoms with Crippen LogP contribution in [0.3, 0.4) is 0 Å². The monoisotopic (exact) mass is 174 g/mol.